The Morgan fingerprint density at radius 1 is 1.00 bits per heavy atom. The van der Waals surface area contributed by atoms with Gasteiger partial charge in [-0.05, 0) is 41.0 Å². The Morgan fingerprint density at radius 3 is 2.29 bits per heavy atom. The lowest BCUT2D eigenvalue weighted by atomic mass is 9.98. The maximum atomic E-state index is 12.6. The van der Waals surface area contributed by atoms with Crippen molar-refractivity contribution in [2.24, 2.45) is 5.92 Å². The first kappa shape index (κ1) is 23.8. The predicted molar refractivity (Wildman–Crippen MR) is 125 cm³/mol. The van der Waals surface area contributed by atoms with Gasteiger partial charge in [-0.25, -0.2) is 4.79 Å². The van der Waals surface area contributed by atoms with Gasteiger partial charge in [0.2, 0.25) is 5.91 Å². The Morgan fingerprint density at radius 2 is 1.65 bits per heavy atom. The highest BCUT2D eigenvalue weighted by Crippen LogP contribution is 2.44. The zero-order valence-electron chi connectivity index (χ0n) is 18.9. The lowest BCUT2D eigenvalue weighted by molar-refractivity contribution is -0.139. The topological polar surface area (TPSA) is 125 Å². The van der Waals surface area contributed by atoms with Crippen LogP contribution in [0.1, 0.15) is 49.1 Å². The van der Waals surface area contributed by atoms with Crippen molar-refractivity contribution in [3.05, 3.63) is 59.7 Å². The van der Waals surface area contributed by atoms with E-state index in [9.17, 15) is 19.5 Å². The highest BCUT2D eigenvalue weighted by molar-refractivity contribution is 5.79. The molecule has 2 aliphatic rings. The summed E-state index contributed by atoms with van der Waals surface area (Å²) in [5.41, 5.74) is 4.64. The third-order valence-electron chi connectivity index (χ3n) is 6.70. The standard InChI is InChI=1S/C26H30N2O6/c29-17(13-25(31)32)14-27-24(30)12-16-6-5-11-23(16)28-26(33)34-15-22-20-9-3-1-7-18(20)19-8-2-4-10-21(19)22/h1-4,7-10,16-17,22-23,29H,5-6,11-15H2,(H,27,30)(H,28,33)(H,31,32)/t16-,17?,23+/m0/s1. The highest BCUT2D eigenvalue weighted by Gasteiger charge is 2.32. The van der Waals surface area contributed by atoms with E-state index >= 15 is 0 Å². The number of aliphatic carboxylic acids is 1. The van der Waals surface area contributed by atoms with Crippen LogP contribution in [0.4, 0.5) is 4.79 Å². The first-order chi connectivity index (χ1) is 16.4. The molecule has 8 nitrogen and oxygen atoms in total. The van der Waals surface area contributed by atoms with Gasteiger partial charge in [0, 0.05) is 24.9 Å². The molecule has 0 aromatic heterocycles. The molecule has 0 saturated heterocycles. The quantitative estimate of drug-likeness (QED) is 0.450. The maximum absolute atomic E-state index is 12.6. The number of fused-ring (bicyclic) bond motifs is 3. The fourth-order valence-corrected chi connectivity index (χ4v) is 5.08. The lowest BCUT2D eigenvalue weighted by Gasteiger charge is -2.21. The molecule has 1 unspecified atom stereocenters. The van der Waals surface area contributed by atoms with Crippen LogP contribution in [-0.4, -0.2) is 53.5 Å². The first-order valence-electron chi connectivity index (χ1n) is 11.7. The molecule has 8 heteroatoms. The van der Waals surface area contributed by atoms with Crippen LogP contribution >= 0.6 is 0 Å². The number of carbonyl (C=O) groups is 3. The molecule has 1 fully saturated rings. The molecule has 180 valence electrons. The molecule has 0 spiro atoms. The van der Waals surface area contributed by atoms with Crippen LogP contribution in [-0.2, 0) is 14.3 Å². The number of ether oxygens (including phenoxy) is 1. The molecule has 4 rings (SSSR count). The van der Waals surface area contributed by atoms with Crippen molar-refractivity contribution in [3.63, 3.8) is 0 Å². The average Bonchev–Trinajstić information content (AvgIpc) is 3.37. The summed E-state index contributed by atoms with van der Waals surface area (Å²) >= 11 is 0. The number of benzene rings is 2. The van der Waals surface area contributed by atoms with Gasteiger partial charge in [-0.1, -0.05) is 55.0 Å². The average molecular weight is 467 g/mol. The number of alkyl carbamates (subject to hydrolysis) is 1. The second kappa shape index (κ2) is 10.7. The molecule has 2 aliphatic carbocycles. The van der Waals surface area contributed by atoms with Crippen molar-refractivity contribution in [1.82, 2.24) is 10.6 Å². The van der Waals surface area contributed by atoms with Crippen LogP contribution in [0.25, 0.3) is 11.1 Å². The Kier molecular flexibility index (Phi) is 7.47. The van der Waals surface area contributed by atoms with Crippen molar-refractivity contribution in [2.75, 3.05) is 13.2 Å². The molecule has 2 amide bonds. The third kappa shape index (κ3) is 5.56. The van der Waals surface area contributed by atoms with Crippen molar-refractivity contribution in [2.45, 2.75) is 50.2 Å². The molecular weight excluding hydrogens is 436 g/mol. The van der Waals surface area contributed by atoms with Crippen LogP contribution in [0.15, 0.2) is 48.5 Å². The largest absolute Gasteiger partial charge is 0.481 e. The summed E-state index contributed by atoms with van der Waals surface area (Å²) in [6.45, 7) is 0.127. The van der Waals surface area contributed by atoms with Gasteiger partial charge in [-0.3, -0.25) is 9.59 Å². The lowest BCUT2D eigenvalue weighted by Crippen LogP contribution is -2.41. The summed E-state index contributed by atoms with van der Waals surface area (Å²) in [5, 5.41) is 23.8. The number of hydrogen-bond acceptors (Lipinski definition) is 5. The molecule has 2 aromatic rings. The van der Waals surface area contributed by atoms with E-state index in [1.54, 1.807) is 0 Å². The van der Waals surface area contributed by atoms with Crippen LogP contribution in [0.5, 0.6) is 0 Å². The summed E-state index contributed by atoms with van der Waals surface area (Å²) in [7, 11) is 0. The monoisotopic (exact) mass is 466 g/mol. The number of nitrogens with one attached hydrogen (secondary N) is 2. The van der Waals surface area contributed by atoms with Crippen LogP contribution in [0.2, 0.25) is 0 Å². The smallest absolute Gasteiger partial charge is 0.407 e. The fraction of sp³-hybridized carbons (Fsp3) is 0.423. The summed E-state index contributed by atoms with van der Waals surface area (Å²) in [6.07, 6.45) is 0.636. The Hall–Kier alpha value is -3.39. The number of aliphatic hydroxyl groups is 1. The van der Waals surface area contributed by atoms with Crippen molar-refractivity contribution in [1.29, 1.82) is 0 Å². The molecule has 3 atom stereocenters. The van der Waals surface area contributed by atoms with Crippen LogP contribution in [0.3, 0.4) is 0 Å². The normalized spacial score (nSPS) is 19.7. The maximum Gasteiger partial charge on any atom is 0.407 e. The molecule has 4 N–H and O–H groups in total. The molecule has 34 heavy (non-hydrogen) atoms. The SMILES string of the molecule is O=C(O)CC(O)CNC(=O)C[C@@H]1CCC[C@H]1NC(=O)OCC1c2ccccc2-c2ccccc21. The zero-order chi connectivity index (χ0) is 24.1. The van der Waals surface area contributed by atoms with E-state index in [1.807, 2.05) is 24.3 Å². The highest BCUT2D eigenvalue weighted by atomic mass is 16.5. The van der Waals surface area contributed by atoms with Crippen molar-refractivity contribution < 1.29 is 29.3 Å². The number of aliphatic hydroxyl groups excluding tert-OH is 1. The second-order valence-corrected chi connectivity index (χ2v) is 9.03. The molecule has 0 bridgehead atoms. The van der Waals surface area contributed by atoms with Crippen molar-refractivity contribution in [3.8, 4) is 11.1 Å². The molecular formula is C26H30N2O6. The van der Waals surface area contributed by atoms with E-state index in [2.05, 4.69) is 34.9 Å². The number of carboxylic acids is 1. The predicted octanol–water partition coefficient (Wildman–Crippen LogP) is 3.04. The van der Waals surface area contributed by atoms with Gasteiger partial charge in [-0.15, -0.1) is 0 Å². The zero-order valence-corrected chi connectivity index (χ0v) is 18.9. The summed E-state index contributed by atoms with van der Waals surface area (Å²) in [4.78, 5) is 35.5. The molecule has 0 aliphatic heterocycles. The van der Waals surface area contributed by atoms with Gasteiger partial charge >= 0.3 is 12.1 Å². The second-order valence-electron chi connectivity index (χ2n) is 9.03. The Bertz CT molecular complexity index is 1010. The van der Waals surface area contributed by atoms with E-state index in [-0.39, 0.29) is 43.4 Å². The van der Waals surface area contributed by atoms with Gasteiger partial charge in [0.05, 0.1) is 12.5 Å². The summed E-state index contributed by atoms with van der Waals surface area (Å²) < 4.78 is 5.63. The Balaban J connectivity index is 1.28. The van der Waals surface area contributed by atoms with Gasteiger partial charge in [0.25, 0.3) is 0 Å². The molecule has 0 radical (unpaired) electrons. The Labute approximate surface area is 198 Å². The van der Waals surface area contributed by atoms with Crippen molar-refractivity contribution >= 4 is 18.0 Å². The van der Waals surface area contributed by atoms with Gasteiger partial charge in [0.15, 0.2) is 0 Å². The minimum atomic E-state index is -1.13. The summed E-state index contributed by atoms with van der Waals surface area (Å²) in [5.74, 6) is -1.43. The number of rotatable bonds is 9. The molecule has 0 heterocycles. The first-order valence-corrected chi connectivity index (χ1v) is 11.7. The van der Waals surface area contributed by atoms with Crippen LogP contribution < -0.4 is 10.6 Å². The van der Waals surface area contributed by atoms with E-state index in [0.717, 1.165) is 30.4 Å². The van der Waals surface area contributed by atoms with E-state index in [0.29, 0.717) is 0 Å². The van der Waals surface area contributed by atoms with E-state index in [4.69, 9.17) is 9.84 Å². The number of hydrogen-bond donors (Lipinski definition) is 4. The fourth-order valence-electron chi connectivity index (χ4n) is 5.08. The van der Waals surface area contributed by atoms with Gasteiger partial charge < -0.3 is 25.6 Å². The number of carbonyl (C=O) groups excluding carboxylic acids is 2. The van der Waals surface area contributed by atoms with Crippen LogP contribution in [0, 0.1) is 5.92 Å². The van der Waals surface area contributed by atoms with E-state index in [1.165, 1.54) is 11.1 Å². The van der Waals surface area contributed by atoms with Gasteiger partial charge in [0.1, 0.15) is 6.61 Å². The number of amides is 2. The minimum absolute atomic E-state index is 0.0134. The molecule has 2 aromatic carbocycles. The summed E-state index contributed by atoms with van der Waals surface area (Å²) in [6, 6.07) is 16.2. The third-order valence-corrected chi connectivity index (χ3v) is 6.70. The number of carboxylic acid groups (broad SMARTS) is 1. The minimum Gasteiger partial charge on any atom is -0.481 e. The molecule has 1 saturated carbocycles. The van der Waals surface area contributed by atoms with E-state index < -0.39 is 24.6 Å². The van der Waals surface area contributed by atoms with Gasteiger partial charge in [-0.2, -0.15) is 0 Å².